The van der Waals surface area contributed by atoms with E-state index in [1.54, 1.807) is 0 Å². The van der Waals surface area contributed by atoms with Crippen LogP contribution in [0.3, 0.4) is 0 Å². The highest BCUT2D eigenvalue weighted by atomic mass is 35.5. The van der Waals surface area contributed by atoms with Gasteiger partial charge in [-0.1, -0.05) is 11.6 Å². The van der Waals surface area contributed by atoms with Crippen LogP contribution in [0.15, 0.2) is 23.1 Å². The number of nitro benzene ring substituents is 1. The summed E-state index contributed by atoms with van der Waals surface area (Å²) in [6.07, 6.45) is 1.53. The molecule has 1 aliphatic rings. The third-order valence-corrected chi connectivity index (χ3v) is 6.03. The van der Waals surface area contributed by atoms with Gasteiger partial charge in [-0.2, -0.15) is 4.31 Å². The number of halogens is 1. The van der Waals surface area contributed by atoms with Crippen molar-refractivity contribution in [3.63, 3.8) is 0 Å². The van der Waals surface area contributed by atoms with E-state index in [-0.39, 0.29) is 28.4 Å². The number of nitro groups is 1. The van der Waals surface area contributed by atoms with E-state index in [2.05, 4.69) is 0 Å². The molecule has 1 aromatic rings. The van der Waals surface area contributed by atoms with Crippen molar-refractivity contribution in [2.75, 3.05) is 13.1 Å². The SMILES string of the molecule is CC(N)C1CCCN(S(=O)(=O)c2cc(Cl)ccc2[N+](=O)[O-])C1. The van der Waals surface area contributed by atoms with Gasteiger partial charge < -0.3 is 5.73 Å². The zero-order chi connectivity index (χ0) is 16.5. The average molecular weight is 348 g/mol. The Morgan fingerprint density at radius 2 is 2.18 bits per heavy atom. The maximum absolute atomic E-state index is 12.8. The number of nitrogens with zero attached hydrogens (tertiary/aromatic N) is 2. The Labute approximate surface area is 134 Å². The molecular weight excluding hydrogens is 330 g/mol. The van der Waals surface area contributed by atoms with E-state index >= 15 is 0 Å². The maximum Gasteiger partial charge on any atom is 0.289 e. The van der Waals surface area contributed by atoms with Gasteiger partial charge in [-0.3, -0.25) is 10.1 Å². The number of piperidine rings is 1. The quantitative estimate of drug-likeness (QED) is 0.662. The van der Waals surface area contributed by atoms with E-state index in [0.717, 1.165) is 18.6 Å². The summed E-state index contributed by atoms with van der Waals surface area (Å²) in [6, 6.07) is 3.42. The van der Waals surface area contributed by atoms with Gasteiger partial charge in [0.2, 0.25) is 10.0 Å². The second-order valence-electron chi connectivity index (χ2n) is 5.49. The minimum Gasteiger partial charge on any atom is -0.328 e. The number of rotatable bonds is 4. The van der Waals surface area contributed by atoms with Gasteiger partial charge in [-0.05, 0) is 37.8 Å². The Bertz CT molecular complexity index is 678. The largest absolute Gasteiger partial charge is 0.328 e. The molecule has 2 N–H and O–H groups in total. The first kappa shape index (κ1) is 17.1. The van der Waals surface area contributed by atoms with Gasteiger partial charge in [0.05, 0.1) is 4.92 Å². The molecule has 1 saturated heterocycles. The molecule has 1 fully saturated rings. The molecule has 0 radical (unpaired) electrons. The van der Waals surface area contributed by atoms with Crippen LogP contribution in [0, 0.1) is 16.0 Å². The minimum absolute atomic E-state index is 0.0433. The third kappa shape index (κ3) is 3.40. The number of nitrogens with two attached hydrogens (primary N) is 1. The maximum atomic E-state index is 12.8. The van der Waals surface area contributed by atoms with Crippen LogP contribution in [-0.2, 0) is 10.0 Å². The second kappa shape index (κ2) is 6.49. The fourth-order valence-corrected chi connectivity index (χ4v) is 4.56. The molecule has 9 heteroatoms. The third-order valence-electron chi connectivity index (χ3n) is 3.90. The molecule has 122 valence electrons. The molecule has 1 aliphatic heterocycles. The Balaban J connectivity index is 2.42. The van der Waals surface area contributed by atoms with Crippen molar-refractivity contribution < 1.29 is 13.3 Å². The summed E-state index contributed by atoms with van der Waals surface area (Å²) in [5.74, 6) is 0.0433. The highest BCUT2D eigenvalue weighted by Crippen LogP contribution is 2.32. The van der Waals surface area contributed by atoms with E-state index in [0.29, 0.717) is 13.0 Å². The van der Waals surface area contributed by atoms with Crippen molar-refractivity contribution >= 4 is 27.3 Å². The predicted octanol–water partition coefficient (Wildman–Crippen LogP) is 2.00. The highest BCUT2D eigenvalue weighted by Gasteiger charge is 2.35. The summed E-state index contributed by atoms with van der Waals surface area (Å²) in [4.78, 5) is 10.0. The molecule has 22 heavy (non-hydrogen) atoms. The molecule has 0 saturated carbocycles. The average Bonchev–Trinajstić information content (AvgIpc) is 2.47. The Morgan fingerprint density at radius 1 is 1.50 bits per heavy atom. The fraction of sp³-hybridized carbons (Fsp3) is 0.538. The summed E-state index contributed by atoms with van der Waals surface area (Å²) < 4.78 is 26.8. The van der Waals surface area contributed by atoms with Crippen molar-refractivity contribution in [2.45, 2.75) is 30.7 Å². The summed E-state index contributed by atoms with van der Waals surface area (Å²) >= 11 is 5.82. The Kier molecular flexibility index (Phi) is 5.06. The predicted molar refractivity (Wildman–Crippen MR) is 83.2 cm³/mol. The van der Waals surface area contributed by atoms with Crippen molar-refractivity contribution in [2.24, 2.45) is 11.7 Å². The van der Waals surface area contributed by atoms with Crippen LogP contribution in [0.1, 0.15) is 19.8 Å². The molecular formula is C13H18ClN3O4S. The van der Waals surface area contributed by atoms with Crippen LogP contribution in [0.25, 0.3) is 0 Å². The zero-order valence-corrected chi connectivity index (χ0v) is 13.7. The topological polar surface area (TPSA) is 107 Å². The van der Waals surface area contributed by atoms with E-state index in [1.165, 1.54) is 10.4 Å². The van der Waals surface area contributed by atoms with Crippen LogP contribution >= 0.6 is 11.6 Å². The summed E-state index contributed by atoms with van der Waals surface area (Å²) in [5, 5.41) is 11.2. The lowest BCUT2D eigenvalue weighted by atomic mass is 9.93. The van der Waals surface area contributed by atoms with Crippen molar-refractivity contribution in [1.82, 2.24) is 4.31 Å². The molecule has 2 rings (SSSR count). The van der Waals surface area contributed by atoms with Gasteiger partial charge in [0.1, 0.15) is 0 Å². The van der Waals surface area contributed by atoms with Crippen LogP contribution in [0.4, 0.5) is 5.69 Å². The van der Waals surface area contributed by atoms with Crippen molar-refractivity contribution in [3.05, 3.63) is 33.3 Å². The number of sulfonamides is 1. The lowest BCUT2D eigenvalue weighted by Gasteiger charge is -2.33. The normalized spacial score (nSPS) is 21.5. The molecule has 0 aromatic heterocycles. The van der Waals surface area contributed by atoms with Crippen LogP contribution in [0.5, 0.6) is 0 Å². The smallest absolute Gasteiger partial charge is 0.289 e. The number of hydrogen-bond donors (Lipinski definition) is 1. The minimum atomic E-state index is -3.97. The van der Waals surface area contributed by atoms with Gasteiger partial charge in [-0.25, -0.2) is 8.42 Å². The number of benzene rings is 1. The first-order chi connectivity index (χ1) is 10.2. The molecule has 1 heterocycles. The van der Waals surface area contributed by atoms with Gasteiger partial charge in [0, 0.05) is 30.2 Å². The van der Waals surface area contributed by atoms with Gasteiger partial charge >= 0.3 is 0 Å². The lowest BCUT2D eigenvalue weighted by molar-refractivity contribution is -0.387. The van der Waals surface area contributed by atoms with Crippen LogP contribution < -0.4 is 5.73 Å². The summed E-state index contributed by atoms with van der Waals surface area (Å²) in [7, 11) is -3.97. The first-order valence-corrected chi connectivity index (χ1v) is 8.75. The monoisotopic (exact) mass is 347 g/mol. The van der Waals surface area contributed by atoms with E-state index in [9.17, 15) is 18.5 Å². The van der Waals surface area contributed by atoms with Gasteiger partial charge in [0.15, 0.2) is 4.90 Å². The van der Waals surface area contributed by atoms with Crippen LogP contribution in [-0.4, -0.2) is 36.8 Å². The zero-order valence-electron chi connectivity index (χ0n) is 12.1. The van der Waals surface area contributed by atoms with E-state index in [1.807, 2.05) is 6.92 Å². The molecule has 1 aromatic carbocycles. The standard InChI is InChI=1S/C13H18ClN3O4S/c1-9(15)10-3-2-6-16(8-10)22(20,21)13-7-11(14)4-5-12(13)17(18)19/h4-5,7,9-10H,2-3,6,8,15H2,1H3. The molecule has 0 aliphatic carbocycles. The molecule has 0 spiro atoms. The second-order valence-corrected chi connectivity index (χ2v) is 7.84. The highest BCUT2D eigenvalue weighted by molar-refractivity contribution is 7.89. The number of hydrogen-bond acceptors (Lipinski definition) is 5. The molecule has 2 atom stereocenters. The fourth-order valence-electron chi connectivity index (χ4n) is 2.61. The van der Waals surface area contributed by atoms with Crippen LogP contribution in [0.2, 0.25) is 5.02 Å². The molecule has 7 nitrogen and oxygen atoms in total. The summed E-state index contributed by atoms with van der Waals surface area (Å²) in [5.41, 5.74) is 5.40. The van der Waals surface area contributed by atoms with Gasteiger partial charge in [0.25, 0.3) is 5.69 Å². The van der Waals surface area contributed by atoms with E-state index in [4.69, 9.17) is 17.3 Å². The molecule has 0 amide bonds. The molecule has 0 bridgehead atoms. The van der Waals surface area contributed by atoms with Gasteiger partial charge in [-0.15, -0.1) is 0 Å². The summed E-state index contributed by atoms with van der Waals surface area (Å²) in [6.45, 7) is 2.43. The molecule has 2 unspecified atom stereocenters. The van der Waals surface area contributed by atoms with E-state index < -0.39 is 20.6 Å². The first-order valence-electron chi connectivity index (χ1n) is 6.93. The Hall–Kier alpha value is -1.22. The Morgan fingerprint density at radius 3 is 2.77 bits per heavy atom. The van der Waals surface area contributed by atoms with Crippen molar-refractivity contribution in [1.29, 1.82) is 0 Å². The lowest BCUT2D eigenvalue weighted by Crippen LogP contribution is -2.45. The van der Waals surface area contributed by atoms with Crippen molar-refractivity contribution in [3.8, 4) is 0 Å².